The van der Waals surface area contributed by atoms with E-state index in [0.717, 1.165) is 11.3 Å². The van der Waals surface area contributed by atoms with Crippen LogP contribution < -0.4 is 0 Å². The largest absolute Gasteiger partial charge is 0.409 e. The van der Waals surface area contributed by atoms with E-state index in [4.69, 9.17) is 14.2 Å². The van der Waals surface area contributed by atoms with Gasteiger partial charge in [0.15, 0.2) is 14.1 Å². The van der Waals surface area contributed by atoms with Crippen molar-refractivity contribution in [2.24, 2.45) is 0 Å². The molecule has 0 aliphatic heterocycles. The molecular weight excluding hydrogens is 304 g/mol. The summed E-state index contributed by atoms with van der Waals surface area (Å²) in [6.45, 7) is 13.1. The minimum Gasteiger partial charge on any atom is -0.409 e. The summed E-state index contributed by atoms with van der Waals surface area (Å²) in [5.41, 5.74) is 2.24. The Labute approximate surface area is 139 Å². The van der Waals surface area contributed by atoms with E-state index < -0.39 is 8.32 Å². The van der Waals surface area contributed by atoms with Gasteiger partial charge in [-0.25, -0.2) is 0 Å². The lowest BCUT2D eigenvalue weighted by molar-refractivity contribution is 0.192. The van der Waals surface area contributed by atoms with Gasteiger partial charge in [-0.15, -0.1) is 0 Å². The van der Waals surface area contributed by atoms with Gasteiger partial charge in [0, 0.05) is 11.6 Å². The third kappa shape index (κ3) is 3.90. The monoisotopic (exact) mass is 328 g/mol. The predicted molar refractivity (Wildman–Crippen MR) is 93.4 cm³/mol. The molecule has 1 unspecified atom stereocenters. The van der Waals surface area contributed by atoms with Gasteiger partial charge in [0.2, 0.25) is 0 Å². The lowest BCUT2D eigenvalue weighted by Gasteiger charge is -2.38. The maximum atomic E-state index is 8.99. The van der Waals surface area contributed by atoms with Crippen LogP contribution in [0.1, 0.15) is 45.1 Å². The van der Waals surface area contributed by atoms with Crippen molar-refractivity contribution in [1.82, 2.24) is 5.16 Å². The van der Waals surface area contributed by atoms with Crippen LogP contribution in [-0.2, 0) is 4.43 Å². The molecule has 0 bridgehead atoms. The summed E-state index contributed by atoms with van der Waals surface area (Å²) in [5.74, 6) is 0.655. The van der Waals surface area contributed by atoms with E-state index >= 15 is 0 Å². The molecule has 2 aromatic rings. The zero-order chi connectivity index (χ0) is 17.3. The maximum absolute atomic E-state index is 8.99. The third-order valence-corrected chi connectivity index (χ3v) is 9.05. The van der Waals surface area contributed by atoms with E-state index in [2.05, 4.69) is 45.1 Å². The Bertz CT molecular complexity index is 723. The standard InChI is InChI=1S/C18H24N2O2Si/c1-13(22-23(5,6)18(2,3)4)16-11-17(21-20-16)15-9-7-8-14(10-15)12-19/h7-11,13H,1-6H3. The molecular formula is C18H24N2O2Si. The minimum absolute atomic E-state index is 0.118. The Balaban J connectivity index is 2.20. The molecule has 1 heterocycles. The normalized spacial score (nSPS) is 13.6. The molecule has 122 valence electrons. The zero-order valence-corrected chi connectivity index (χ0v) is 15.7. The Morgan fingerprint density at radius 1 is 1.26 bits per heavy atom. The van der Waals surface area contributed by atoms with Gasteiger partial charge in [0.25, 0.3) is 0 Å². The molecule has 0 spiro atoms. The first-order valence-corrected chi connectivity index (χ1v) is 10.7. The molecule has 4 nitrogen and oxygen atoms in total. The Morgan fingerprint density at radius 2 is 1.96 bits per heavy atom. The lowest BCUT2D eigenvalue weighted by atomic mass is 10.1. The van der Waals surface area contributed by atoms with Gasteiger partial charge in [-0.1, -0.05) is 38.1 Å². The summed E-state index contributed by atoms with van der Waals surface area (Å²) in [7, 11) is -1.86. The van der Waals surface area contributed by atoms with Crippen LogP contribution in [0.3, 0.4) is 0 Å². The molecule has 2 rings (SSSR count). The molecule has 0 aliphatic rings. The summed E-state index contributed by atoms with van der Waals surface area (Å²) >= 11 is 0. The second kappa shape index (κ2) is 6.30. The number of hydrogen-bond donors (Lipinski definition) is 0. The molecule has 23 heavy (non-hydrogen) atoms. The van der Waals surface area contributed by atoms with Crippen molar-refractivity contribution in [3.8, 4) is 17.4 Å². The smallest absolute Gasteiger partial charge is 0.192 e. The third-order valence-electron chi connectivity index (χ3n) is 4.50. The summed E-state index contributed by atoms with van der Waals surface area (Å²) < 4.78 is 11.8. The van der Waals surface area contributed by atoms with Crippen LogP contribution >= 0.6 is 0 Å². The summed E-state index contributed by atoms with van der Waals surface area (Å²) in [6.07, 6.45) is -0.118. The molecule has 0 N–H and O–H groups in total. The van der Waals surface area contributed by atoms with Crippen molar-refractivity contribution >= 4 is 8.32 Å². The first kappa shape index (κ1) is 17.5. The van der Waals surface area contributed by atoms with Crippen LogP contribution in [0.2, 0.25) is 18.1 Å². The number of hydrogen-bond acceptors (Lipinski definition) is 4. The van der Waals surface area contributed by atoms with Crippen LogP contribution in [-0.4, -0.2) is 13.5 Å². The molecule has 0 amide bonds. The Kier molecular flexibility index (Phi) is 4.78. The van der Waals surface area contributed by atoms with Crippen LogP contribution in [0.15, 0.2) is 34.9 Å². The van der Waals surface area contributed by atoms with Crippen LogP contribution in [0.5, 0.6) is 0 Å². The van der Waals surface area contributed by atoms with Gasteiger partial charge in [-0.05, 0) is 37.2 Å². The highest BCUT2D eigenvalue weighted by Gasteiger charge is 2.39. The molecule has 0 fully saturated rings. The summed E-state index contributed by atoms with van der Waals surface area (Å²) in [5, 5.41) is 13.3. The van der Waals surface area contributed by atoms with Crippen molar-refractivity contribution in [2.45, 2.75) is 51.9 Å². The number of nitriles is 1. The molecule has 0 aliphatic carbocycles. The van der Waals surface area contributed by atoms with E-state index in [-0.39, 0.29) is 11.1 Å². The lowest BCUT2D eigenvalue weighted by Crippen LogP contribution is -2.41. The fourth-order valence-electron chi connectivity index (χ4n) is 2.04. The van der Waals surface area contributed by atoms with Crippen molar-refractivity contribution in [2.75, 3.05) is 0 Å². The summed E-state index contributed by atoms with van der Waals surface area (Å²) in [4.78, 5) is 0. The fraction of sp³-hybridized carbons (Fsp3) is 0.444. The molecule has 0 saturated heterocycles. The highest BCUT2D eigenvalue weighted by molar-refractivity contribution is 6.74. The Hall–Kier alpha value is -1.90. The van der Waals surface area contributed by atoms with Gasteiger partial charge in [-0.3, -0.25) is 0 Å². The zero-order valence-electron chi connectivity index (χ0n) is 14.7. The number of rotatable bonds is 4. The molecule has 0 saturated carbocycles. The van der Waals surface area contributed by atoms with Gasteiger partial charge in [-0.2, -0.15) is 5.26 Å². The van der Waals surface area contributed by atoms with Crippen LogP contribution in [0, 0.1) is 11.3 Å². The molecule has 5 heteroatoms. The van der Waals surface area contributed by atoms with E-state index in [1.807, 2.05) is 25.1 Å². The molecule has 1 aromatic carbocycles. The average molecular weight is 328 g/mol. The van der Waals surface area contributed by atoms with Gasteiger partial charge < -0.3 is 8.95 Å². The quantitative estimate of drug-likeness (QED) is 0.715. The SMILES string of the molecule is CC(O[Si](C)(C)C(C)(C)C)c1cc(-c2cccc(C#N)c2)on1. The molecule has 0 radical (unpaired) electrons. The molecule has 1 atom stereocenters. The Morgan fingerprint density at radius 3 is 2.57 bits per heavy atom. The van der Waals surface area contributed by atoms with Crippen molar-refractivity contribution in [3.63, 3.8) is 0 Å². The highest BCUT2D eigenvalue weighted by atomic mass is 28.4. The van der Waals surface area contributed by atoms with Crippen molar-refractivity contribution in [3.05, 3.63) is 41.6 Å². The number of benzene rings is 1. The van der Waals surface area contributed by atoms with E-state index in [1.165, 1.54) is 0 Å². The first-order chi connectivity index (χ1) is 10.6. The predicted octanol–water partition coefficient (Wildman–Crippen LogP) is 5.30. The van der Waals surface area contributed by atoms with Gasteiger partial charge in [0.1, 0.15) is 5.69 Å². The highest BCUT2D eigenvalue weighted by Crippen LogP contribution is 2.39. The van der Waals surface area contributed by atoms with E-state index in [0.29, 0.717) is 11.3 Å². The fourth-order valence-corrected chi connectivity index (χ4v) is 3.40. The first-order valence-electron chi connectivity index (χ1n) is 7.79. The second-order valence-electron chi connectivity index (χ2n) is 7.33. The number of nitrogens with zero attached hydrogens (tertiary/aromatic N) is 2. The second-order valence-corrected chi connectivity index (χ2v) is 12.1. The average Bonchev–Trinajstić information content (AvgIpc) is 2.95. The maximum Gasteiger partial charge on any atom is 0.192 e. The van der Waals surface area contributed by atoms with Crippen molar-refractivity contribution in [1.29, 1.82) is 5.26 Å². The van der Waals surface area contributed by atoms with E-state index in [1.54, 1.807) is 12.1 Å². The van der Waals surface area contributed by atoms with Crippen LogP contribution in [0.4, 0.5) is 0 Å². The van der Waals surface area contributed by atoms with Gasteiger partial charge >= 0.3 is 0 Å². The topological polar surface area (TPSA) is 59.0 Å². The van der Waals surface area contributed by atoms with Crippen LogP contribution in [0.25, 0.3) is 11.3 Å². The van der Waals surface area contributed by atoms with E-state index in [9.17, 15) is 0 Å². The number of aromatic nitrogens is 1. The van der Waals surface area contributed by atoms with Crippen molar-refractivity contribution < 1.29 is 8.95 Å². The minimum atomic E-state index is -1.86. The summed E-state index contributed by atoms with van der Waals surface area (Å²) in [6, 6.07) is 11.3. The molecule has 1 aromatic heterocycles. The van der Waals surface area contributed by atoms with Gasteiger partial charge in [0.05, 0.1) is 17.7 Å².